The molecule has 0 N–H and O–H groups in total. The van der Waals surface area contributed by atoms with Crippen LogP contribution in [0.5, 0.6) is 0 Å². The van der Waals surface area contributed by atoms with Crippen molar-refractivity contribution in [3.05, 3.63) is 27.6 Å². The van der Waals surface area contributed by atoms with Gasteiger partial charge in [0.2, 0.25) is 0 Å². The van der Waals surface area contributed by atoms with Gasteiger partial charge in [-0.2, -0.15) is 0 Å². The van der Waals surface area contributed by atoms with E-state index in [0.717, 1.165) is 27.9 Å². The fourth-order valence-corrected chi connectivity index (χ4v) is 1.95. The molecule has 0 aliphatic carbocycles. The van der Waals surface area contributed by atoms with Crippen LogP contribution in [0, 0.1) is 13.8 Å². The Bertz CT molecular complexity index is 487. The van der Waals surface area contributed by atoms with Gasteiger partial charge in [0.1, 0.15) is 5.52 Å². The Morgan fingerprint density at radius 3 is 2.71 bits per heavy atom. The van der Waals surface area contributed by atoms with Crippen LogP contribution >= 0.6 is 15.9 Å². The highest BCUT2D eigenvalue weighted by molar-refractivity contribution is 9.10. The molecule has 0 unspecified atom stereocenters. The molecule has 74 valence electrons. The molecular weight excluding hydrogens is 242 g/mol. The summed E-state index contributed by atoms with van der Waals surface area (Å²) in [5.41, 5.74) is 4.21. The summed E-state index contributed by atoms with van der Waals surface area (Å²) in [6.45, 7) is 6.16. The van der Waals surface area contributed by atoms with Crippen LogP contribution in [-0.2, 0) is 6.42 Å². The van der Waals surface area contributed by atoms with E-state index in [-0.39, 0.29) is 0 Å². The van der Waals surface area contributed by atoms with Crippen LogP contribution in [0.15, 0.2) is 15.0 Å². The normalized spacial score (nSPS) is 11.1. The molecule has 0 aliphatic rings. The molecule has 0 saturated carbocycles. The lowest BCUT2D eigenvalue weighted by atomic mass is 10.1. The SMILES string of the molecule is CCc1nc2c(C)cc(C)c(Br)c2o1. The van der Waals surface area contributed by atoms with E-state index in [0.29, 0.717) is 0 Å². The Hall–Kier alpha value is -0.830. The third kappa shape index (κ3) is 1.36. The van der Waals surface area contributed by atoms with Gasteiger partial charge in [0.25, 0.3) is 0 Å². The maximum atomic E-state index is 5.65. The Balaban J connectivity index is 2.84. The molecule has 0 atom stereocenters. The molecule has 0 saturated heterocycles. The van der Waals surface area contributed by atoms with Crippen LogP contribution in [0.2, 0.25) is 0 Å². The topological polar surface area (TPSA) is 26.0 Å². The number of oxazole rings is 1. The van der Waals surface area contributed by atoms with Gasteiger partial charge in [0.15, 0.2) is 11.5 Å². The standard InChI is InChI=1S/C11H12BrNO/c1-4-8-13-10-7(3)5-6(2)9(12)11(10)14-8/h5H,4H2,1-3H3. The van der Waals surface area contributed by atoms with Crippen molar-refractivity contribution in [1.82, 2.24) is 4.98 Å². The molecule has 0 bridgehead atoms. The summed E-state index contributed by atoms with van der Waals surface area (Å²) in [5, 5.41) is 0. The monoisotopic (exact) mass is 253 g/mol. The van der Waals surface area contributed by atoms with Gasteiger partial charge in [-0.15, -0.1) is 0 Å². The lowest BCUT2D eigenvalue weighted by molar-refractivity contribution is 0.536. The molecule has 0 spiro atoms. The quantitative estimate of drug-likeness (QED) is 0.774. The van der Waals surface area contributed by atoms with E-state index in [4.69, 9.17) is 4.42 Å². The highest BCUT2D eigenvalue weighted by Gasteiger charge is 2.12. The summed E-state index contributed by atoms with van der Waals surface area (Å²) >= 11 is 3.52. The van der Waals surface area contributed by atoms with Crippen molar-refractivity contribution in [3.63, 3.8) is 0 Å². The van der Waals surface area contributed by atoms with Crippen molar-refractivity contribution in [3.8, 4) is 0 Å². The Labute approximate surface area is 91.5 Å². The van der Waals surface area contributed by atoms with Crippen LogP contribution in [0.1, 0.15) is 23.9 Å². The first-order chi connectivity index (χ1) is 6.63. The molecule has 0 fully saturated rings. The van der Waals surface area contributed by atoms with E-state index in [1.807, 2.05) is 6.92 Å². The van der Waals surface area contributed by atoms with Crippen LogP contribution in [0.25, 0.3) is 11.1 Å². The molecule has 2 rings (SSSR count). The first-order valence-corrected chi connectivity index (χ1v) is 5.48. The average Bonchev–Trinajstić information content (AvgIpc) is 2.58. The van der Waals surface area contributed by atoms with Crippen molar-refractivity contribution < 1.29 is 4.42 Å². The van der Waals surface area contributed by atoms with E-state index in [2.05, 4.69) is 40.8 Å². The largest absolute Gasteiger partial charge is 0.439 e. The second-order valence-corrected chi connectivity index (χ2v) is 4.26. The minimum absolute atomic E-state index is 0.800. The van der Waals surface area contributed by atoms with Gasteiger partial charge in [0, 0.05) is 6.42 Å². The minimum atomic E-state index is 0.800. The molecule has 0 aliphatic heterocycles. The van der Waals surface area contributed by atoms with Crippen molar-refractivity contribution in [1.29, 1.82) is 0 Å². The molecule has 0 amide bonds. The van der Waals surface area contributed by atoms with Crippen molar-refractivity contribution >= 4 is 27.0 Å². The maximum Gasteiger partial charge on any atom is 0.195 e. The zero-order valence-corrected chi connectivity index (χ0v) is 10.1. The van der Waals surface area contributed by atoms with E-state index in [1.54, 1.807) is 0 Å². The third-order valence-corrected chi connectivity index (χ3v) is 3.31. The van der Waals surface area contributed by atoms with Crippen LogP contribution in [-0.4, -0.2) is 4.98 Å². The molecule has 0 radical (unpaired) electrons. The molecule has 3 heteroatoms. The zero-order chi connectivity index (χ0) is 10.3. The van der Waals surface area contributed by atoms with E-state index >= 15 is 0 Å². The third-order valence-electron chi connectivity index (χ3n) is 2.33. The van der Waals surface area contributed by atoms with Gasteiger partial charge in [-0.25, -0.2) is 4.98 Å². The molecular formula is C11H12BrNO. The lowest BCUT2D eigenvalue weighted by Gasteiger charge is -1.99. The minimum Gasteiger partial charge on any atom is -0.439 e. The molecule has 2 aromatic rings. The highest BCUT2D eigenvalue weighted by Crippen LogP contribution is 2.30. The summed E-state index contributed by atoms with van der Waals surface area (Å²) in [6.07, 6.45) is 0.833. The van der Waals surface area contributed by atoms with Crippen LogP contribution < -0.4 is 0 Å². The van der Waals surface area contributed by atoms with Crippen LogP contribution in [0.3, 0.4) is 0 Å². The number of fused-ring (bicyclic) bond motifs is 1. The van der Waals surface area contributed by atoms with Gasteiger partial charge in [-0.05, 0) is 40.9 Å². The van der Waals surface area contributed by atoms with Gasteiger partial charge in [0.05, 0.1) is 4.47 Å². The molecule has 14 heavy (non-hydrogen) atoms. The van der Waals surface area contributed by atoms with Crippen molar-refractivity contribution in [2.75, 3.05) is 0 Å². The van der Waals surface area contributed by atoms with Crippen LogP contribution in [0.4, 0.5) is 0 Å². The first kappa shape index (κ1) is 9.71. The lowest BCUT2D eigenvalue weighted by Crippen LogP contribution is -1.82. The highest BCUT2D eigenvalue weighted by atomic mass is 79.9. The molecule has 1 heterocycles. The maximum absolute atomic E-state index is 5.65. The van der Waals surface area contributed by atoms with Crippen molar-refractivity contribution in [2.45, 2.75) is 27.2 Å². The summed E-state index contributed by atoms with van der Waals surface area (Å²) in [7, 11) is 0. The summed E-state index contributed by atoms with van der Waals surface area (Å²) in [5.74, 6) is 0.800. The second kappa shape index (κ2) is 3.39. The zero-order valence-electron chi connectivity index (χ0n) is 8.52. The van der Waals surface area contributed by atoms with Gasteiger partial charge >= 0.3 is 0 Å². The van der Waals surface area contributed by atoms with Crippen molar-refractivity contribution in [2.24, 2.45) is 0 Å². The summed E-state index contributed by atoms with van der Waals surface area (Å²) < 4.78 is 6.67. The van der Waals surface area contributed by atoms with E-state index in [9.17, 15) is 0 Å². The fourth-order valence-electron chi connectivity index (χ4n) is 1.57. The Morgan fingerprint density at radius 2 is 2.07 bits per heavy atom. The Morgan fingerprint density at radius 1 is 1.36 bits per heavy atom. The molecule has 1 aromatic heterocycles. The number of hydrogen-bond acceptors (Lipinski definition) is 2. The predicted octanol–water partition coefficient (Wildman–Crippen LogP) is 3.77. The predicted molar refractivity (Wildman–Crippen MR) is 60.6 cm³/mol. The Kier molecular flexibility index (Phi) is 2.35. The number of aryl methyl sites for hydroxylation is 3. The molecule has 1 aromatic carbocycles. The van der Waals surface area contributed by atoms with Gasteiger partial charge in [-0.1, -0.05) is 13.0 Å². The van der Waals surface area contributed by atoms with Gasteiger partial charge in [-0.3, -0.25) is 0 Å². The second-order valence-electron chi connectivity index (χ2n) is 3.46. The number of benzene rings is 1. The fraction of sp³-hybridized carbons (Fsp3) is 0.364. The number of rotatable bonds is 1. The summed E-state index contributed by atoms with van der Waals surface area (Å²) in [6, 6.07) is 2.12. The number of hydrogen-bond donors (Lipinski definition) is 0. The number of nitrogens with zero attached hydrogens (tertiary/aromatic N) is 1. The average molecular weight is 254 g/mol. The van der Waals surface area contributed by atoms with E-state index in [1.165, 1.54) is 11.1 Å². The summed E-state index contributed by atoms with van der Waals surface area (Å²) in [4.78, 5) is 4.44. The molecule has 2 nitrogen and oxygen atoms in total. The smallest absolute Gasteiger partial charge is 0.195 e. The van der Waals surface area contributed by atoms with E-state index < -0.39 is 0 Å². The number of aromatic nitrogens is 1. The first-order valence-electron chi connectivity index (χ1n) is 4.68. The van der Waals surface area contributed by atoms with Gasteiger partial charge < -0.3 is 4.42 Å². The number of halogens is 1.